The van der Waals surface area contributed by atoms with Crippen LogP contribution in [0.2, 0.25) is 0 Å². The molecule has 0 saturated heterocycles. The monoisotopic (exact) mass is 378 g/mol. The second kappa shape index (κ2) is 7.71. The lowest BCUT2D eigenvalue weighted by molar-refractivity contribution is -0.138. The van der Waals surface area contributed by atoms with Crippen molar-refractivity contribution in [3.8, 4) is 11.5 Å². The molecule has 138 valence electrons. The maximum atomic E-state index is 12.8. The molecule has 1 aliphatic heterocycles. The highest BCUT2D eigenvalue weighted by molar-refractivity contribution is 7.89. The molecular weight excluding hydrogens is 360 g/mol. The first-order chi connectivity index (χ1) is 12.5. The number of rotatable bonds is 6. The van der Waals surface area contributed by atoms with Gasteiger partial charge in [0.05, 0.1) is 13.2 Å². The van der Waals surface area contributed by atoms with Crippen LogP contribution in [0.15, 0.2) is 47.6 Å². The second-order valence-electron chi connectivity index (χ2n) is 5.71. The van der Waals surface area contributed by atoms with Crippen LogP contribution >= 0.6 is 0 Å². The van der Waals surface area contributed by atoms with Gasteiger partial charge in [-0.3, -0.25) is 9.78 Å². The highest BCUT2D eigenvalue weighted by atomic mass is 32.2. The van der Waals surface area contributed by atoms with Crippen LogP contribution in [0.5, 0.6) is 11.5 Å². The quantitative estimate of drug-likeness (QED) is 0.776. The van der Waals surface area contributed by atoms with Crippen molar-refractivity contribution in [1.29, 1.82) is 0 Å². The normalized spacial score (nSPS) is 15.1. The van der Waals surface area contributed by atoms with Crippen LogP contribution < -0.4 is 14.2 Å². The topological polar surface area (TPSA) is 115 Å². The number of ether oxygens (including phenoxy) is 2. The maximum Gasteiger partial charge on any atom is 0.322 e. The third kappa shape index (κ3) is 4.12. The second-order valence-corrected chi connectivity index (χ2v) is 7.39. The van der Waals surface area contributed by atoms with E-state index in [9.17, 15) is 18.3 Å². The predicted octanol–water partition coefficient (Wildman–Crippen LogP) is 1.22. The van der Waals surface area contributed by atoms with Gasteiger partial charge in [-0.1, -0.05) is 6.07 Å². The molecule has 0 bridgehead atoms. The number of carbonyl (C=O) groups is 1. The van der Waals surface area contributed by atoms with Gasteiger partial charge < -0.3 is 14.6 Å². The van der Waals surface area contributed by atoms with E-state index in [2.05, 4.69) is 9.71 Å². The number of pyridine rings is 1. The highest BCUT2D eigenvalue weighted by Gasteiger charge is 2.30. The van der Waals surface area contributed by atoms with Crippen molar-refractivity contribution in [2.75, 3.05) is 13.2 Å². The van der Waals surface area contributed by atoms with E-state index >= 15 is 0 Å². The van der Waals surface area contributed by atoms with Gasteiger partial charge in [-0.15, -0.1) is 0 Å². The number of hydrogen-bond donors (Lipinski definition) is 2. The average Bonchev–Trinajstić information content (AvgIpc) is 2.87. The Labute approximate surface area is 150 Å². The van der Waals surface area contributed by atoms with Crippen LogP contribution in [-0.4, -0.2) is 43.7 Å². The van der Waals surface area contributed by atoms with Crippen molar-refractivity contribution in [2.24, 2.45) is 0 Å². The first-order valence-electron chi connectivity index (χ1n) is 8.00. The maximum absolute atomic E-state index is 12.8. The fourth-order valence-electron chi connectivity index (χ4n) is 2.56. The van der Waals surface area contributed by atoms with Crippen LogP contribution in [0, 0.1) is 0 Å². The van der Waals surface area contributed by atoms with E-state index in [0.29, 0.717) is 30.9 Å². The van der Waals surface area contributed by atoms with Crippen molar-refractivity contribution in [1.82, 2.24) is 9.71 Å². The van der Waals surface area contributed by atoms with Gasteiger partial charge in [0.1, 0.15) is 10.9 Å². The lowest BCUT2D eigenvalue weighted by Gasteiger charge is -2.17. The van der Waals surface area contributed by atoms with E-state index in [4.69, 9.17) is 9.47 Å². The molecule has 8 nitrogen and oxygen atoms in total. The standard InChI is InChI=1S/C17H18N2O6S/c20-17(21)13(11-12-5-7-18-8-6-12)19-26(22,23)15-4-1-3-14-16(15)25-10-2-9-24-14/h1,3-8,13,19H,2,9-11H2,(H,20,21). The molecule has 0 amide bonds. The van der Waals surface area contributed by atoms with Gasteiger partial charge in [-0.2, -0.15) is 4.72 Å². The Bertz CT molecular complexity index is 885. The fraction of sp³-hybridized carbons (Fsp3) is 0.294. The van der Waals surface area contributed by atoms with Gasteiger partial charge in [0, 0.05) is 18.8 Å². The number of aromatic nitrogens is 1. The van der Waals surface area contributed by atoms with Gasteiger partial charge in [0.15, 0.2) is 11.5 Å². The smallest absolute Gasteiger partial charge is 0.322 e. The van der Waals surface area contributed by atoms with E-state index < -0.39 is 22.0 Å². The number of carboxylic acid groups (broad SMARTS) is 1. The summed E-state index contributed by atoms with van der Waals surface area (Å²) in [5, 5.41) is 9.43. The lowest BCUT2D eigenvalue weighted by atomic mass is 10.1. The minimum absolute atomic E-state index is 0.0105. The predicted molar refractivity (Wildman–Crippen MR) is 91.7 cm³/mol. The number of hydrogen-bond acceptors (Lipinski definition) is 6. The molecule has 0 fully saturated rings. The molecule has 26 heavy (non-hydrogen) atoms. The summed E-state index contributed by atoms with van der Waals surface area (Å²) in [5.74, 6) is -0.846. The van der Waals surface area contributed by atoms with Crippen molar-refractivity contribution < 1.29 is 27.8 Å². The summed E-state index contributed by atoms with van der Waals surface area (Å²) >= 11 is 0. The van der Waals surface area contributed by atoms with Crippen molar-refractivity contribution in [2.45, 2.75) is 23.8 Å². The number of carboxylic acids is 1. The Hall–Kier alpha value is -2.65. The molecule has 9 heteroatoms. The zero-order valence-electron chi connectivity index (χ0n) is 13.8. The van der Waals surface area contributed by atoms with Gasteiger partial charge in [0.2, 0.25) is 10.0 Å². The molecule has 1 aliphatic rings. The SMILES string of the molecule is O=C(O)C(Cc1ccncc1)NS(=O)(=O)c1cccc2c1OCCCO2. The first kappa shape index (κ1) is 18.2. The summed E-state index contributed by atoms with van der Waals surface area (Å²) in [5.41, 5.74) is 0.654. The molecule has 2 aromatic rings. The largest absolute Gasteiger partial charge is 0.490 e. The van der Waals surface area contributed by atoms with Gasteiger partial charge in [0.25, 0.3) is 0 Å². The molecule has 0 radical (unpaired) electrons. The summed E-state index contributed by atoms with van der Waals surface area (Å²) in [6, 6.07) is 6.45. The number of fused-ring (bicyclic) bond motifs is 1. The van der Waals surface area contributed by atoms with Gasteiger partial charge in [-0.05, 0) is 36.2 Å². The number of nitrogens with zero attached hydrogens (tertiary/aromatic N) is 1. The molecule has 1 aromatic carbocycles. The molecule has 0 spiro atoms. The molecule has 1 atom stereocenters. The minimum atomic E-state index is -4.13. The Morgan fingerprint density at radius 3 is 2.65 bits per heavy atom. The van der Waals surface area contributed by atoms with Crippen LogP contribution in [0.4, 0.5) is 0 Å². The van der Waals surface area contributed by atoms with E-state index in [1.165, 1.54) is 24.5 Å². The summed E-state index contributed by atoms with van der Waals surface area (Å²) in [6.45, 7) is 0.739. The zero-order chi connectivity index (χ0) is 18.6. The minimum Gasteiger partial charge on any atom is -0.490 e. The molecule has 2 N–H and O–H groups in total. The van der Waals surface area contributed by atoms with Gasteiger partial charge >= 0.3 is 5.97 Å². The fourth-order valence-corrected chi connectivity index (χ4v) is 3.91. The summed E-state index contributed by atoms with van der Waals surface area (Å²) in [4.78, 5) is 15.3. The molecular formula is C17H18N2O6S. The van der Waals surface area contributed by atoms with Crippen LogP contribution in [0.3, 0.4) is 0 Å². The summed E-state index contributed by atoms with van der Waals surface area (Å²) in [6.07, 6.45) is 3.65. The highest BCUT2D eigenvalue weighted by Crippen LogP contribution is 2.36. The zero-order valence-corrected chi connectivity index (χ0v) is 14.6. The average molecular weight is 378 g/mol. The summed E-state index contributed by atoms with van der Waals surface area (Å²) in [7, 11) is -4.13. The van der Waals surface area contributed by atoms with Gasteiger partial charge in [-0.25, -0.2) is 8.42 Å². The molecule has 2 heterocycles. The number of sulfonamides is 1. The van der Waals surface area contributed by atoms with Crippen molar-refractivity contribution >= 4 is 16.0 Å². The third-order valence-electron chi connectivity index (χ3n) is 3.81. The van der Waals surface area contributed by atoms with E-state index in [1.807, 2.05) is 0 Å². The number of para-hydroxylation sites is 1. The Balaban J connectivity index is 1.89. The Morgan fingerprint density at radius 1 is 1.19 bits per heavy atom. The summed E-state index contributed by atoms with van der Waals surface area (Å²) < 4.78 is 38.9. The number of benzene rings is 1. The van der Waals surface area contributed by atoms with Crippen molar-refractivity contribution in [3.63, 3.8) is 0 Å². The van der Waals surface area contributed by atoms with Crippen LogP contribution in [0.25, 0.3) is 0 Å². The molecule has 3 rings (SSSR count). The Morgan fingerprint density at radius 2 is 1.92 bits per heavy atom. The Kier molecular flexibility index (Phi) is 5.38. The van der Waals surface area contributed by atoms with Crippen LogP contribution in [0.1, 0.15) is 12.0 Å². The molecule has 1 unspecified atom stereocenters. The van der Waals surface area contributed by atoms with E-state index in [-0.39, 0.29) is 17.1 Å². The number of nitrogens with one attached hydrogen (secondary N) is 1. The molecule has 1 aromatic heterocycles. The molecule has 0 saturated carbocycles. The number of aliphatic carboxylic acids is 1. The molecule has 0 aliphatic carbocycles. The van der Waals surface area contributed by atoms with Crippen molar-refractivity contribution in [3.05, 3.63) is 48.3 Å². The van der Waals surface area contributed by atoms with E-state index in [0.717, 1.165) is 0 Å². The third-order valence-corrected chi connectivity index (χ3v) is 5.30. The lowest BCUT2D eigenvalue weighted by Crippen LogP contribution is -2.42. The van der Waals surface area contributed by atoms with E-state index in [1.54, 1.807) is 18.2 Å². The van der Waals surface area contributed by atoms with Crippen LogP contribution in [-0.2, 0) is 21.2 Å². The first-order valence-corrected chi connectivity index (χ1v) is 9.48.